The number of benzene rings is 2. The minimum Gasteiger partial charge on any atom is -0.481 e. The largest absolute Gasteiger partial charge is 0.481 e. The molecule has 0 aliphatic heterocycles. The normalized spacial score (nSPS) is 13.4. The van der Waals surface area contributed by atoms with E-state index >= 15 is 0 Å². The van der Waals surface area contributed by atoms with Gasteiger partial charge in [-0.3, -0.25) is 4.79 Å². The average molecular weight is 407 g/mol. The number of carboxylic acid groups (broad SMARTS) is 1. The SMILES string of the molecule is O=C(NCC(Cc1cccs1)C(=O)O)OCC1c2ccccc2-c2ccccc21. The third-order valence-electron chi connectivity index (χ3n) is 5.21. The van der Waals surface area contributed by atoms with Crippen molar-refractivity contribution in [2.75, 3.05) is 13.2 Å². The zero-order valence-corrected chi connectivity index (χ0v) is 16.5. The van der Waals surface area contributed by atoms with Gasteiger partial charge < -0.3 is 15.2 Å². The van der Waals surface area contributed by atoms with Crippen molar-refractivity contribution in [2.45, 2.75) is 12.3 Å². The van der Waals surface area contributed by atoms with Crippen LogP contribution in [0.15, 0.2) is 66.0 Å². The summed E-state index contributed by atoms with van der Waals surface area (Å²) in [6, 6.07) is 20.0. The molecule has 2 N–H and O–H groups in total. The molecular weight excluding hydrogens is 386 g/mol. The second-order valence-electron chi connectivity index (χ2n) is 7.03. The molecule has 29 heavy (non-hydrogen) atoms. The molecule has 4 rings (SSSR count). The maximum Gasteiger partial charge on any atom is 0.407 e. The summed E-state index contributed by atoms with van der Waals surface area (Å²) in [5.74, 6) is -1.64. The molecule has 1 aromatic heterocycles. The number of ether oxygens (including phenoxy) is 1. The molecule has 1 aliphatic rings. The highest BCUT2D eigenvalue weighted by atomic mass is 32.1. The fourth-order valence-electron chi connectivity index (χ4n) is 3.77. The number of amides is 1. The first-order valence-corrected chi connectivity index (χ1v) is 10.4. The van der Waals surface area contributed by atoms with Crippen LogP contribution in [0, 0.1) is 5.92 Å². The summed E-state index contributed by atoms with van der Waals surface area (Å²) in [5.41, 5.74) is 4.61. The van der Waals surface area contributed by atoms with Gasteiger partial charge in [-0.15, -0.1) is 11.3 Å². The fraction of sp³-hybridized carbons (Fsp3) is 0.217. The predicted molar refractivity (Wildman–Crippen MR) is 112 cm³/mol. The third kappa shape index (κ3) is 4.17. The number of hydrogen-bond donors (Lipinski definition) is 2. The molecule has 148 valence electrons. The van der Waals surface area contributed by atoms with Crippen LogP contribution >= 0.6 is 11.3 Å². The van der Waals surface area contributed by atoms with Gasteiger partial charge in [-0.1, -0.05) is 54.6 Å². The zero-order valence-electron chi connectivity index (χ0n) is 15.7. The first kappa shape index (κ1) is 19.2. The molecule has 1 heterocycles. The second kappa shape index (κ2) is 8.49. The monoisotopic (exact) mass is 407 g/mol. The number of rotatable bonds is 7. The number of nitrogens with one attached hydrogen (secondary N) is 1. The molecule has 6 heteroatoms. The summed E-state index contributed by atoms with van der Waals surface area (Å²) in [7, 11) is 0. The molecule has 0 saturated heterocycles. The van der Waals surface area contributed by atoms with E-state index in [9.17, 15) is 14.7 Å². The van der Waals surface area contributed by atoms with Crippen LogP contribution in [0.2, 0.25) is 0 Å². The van der Waals surface area contributed by atoms with Gasteiger partial charge in [-0.05, 0) is 40.1 Å². The standard InChI is InChI=1S/C23H21NO4S/c25-22(26)15(12-16-6-5-11-29-16)13-24-23(27)28-14-21-19-9-3-1-7-17(19)18-8-2-4-10-20(18)21/h1-11,15,21H,12-14H2,(H,24,27)(H,25,26). The summed E-state index contributed by atoms with van der Waals surface area (Å²) in [4.78, 5) is 24.7. The van der Waals surface area contributed by atoms with Crippen molar-refractivity contribution in [3.63, 3.8) is 0 Å². The Kier molecular flexibility index (Phi) is 5.62. The molecular formula is C23H21NO4S. The Hall–Kier alpha value is -3.12. The van der Waals surface area contributed by atoms with E-state index in [4.69, 9.17) is 4.74 Å². The van der Waals surface area contributed by atoms with Gasteiger partial charge in [-0.2, -0.15) is 0 Å². The van der Waals surface area contributed by atoms with Crippen LogP contribution < -0.4 is 5.32 Å². The van der Waals surface area contributed by atoms with Crippen LogP contribution in [0.1, 0.15) is 21.9 Å². The molecule has 0 radical (unpaired) electrons. The van der Waals surface area contributed by atoms with Crippen molar-refractivity contribution in [3.8, 4) is 11.1 Å². The lowest BCUT2D eigenvalue weighted by molar-refractivity contribution is -0.141. The van der Waals surface area contributed by atoms with E-state index in [1.807, 2.05) is 41.8 Å². The molecule has 0 bridgehead atoms. The van der Waals surface area contributed by atoms with Crippen LogP contribution in [-0.4, -0.2) is 30.3 Å². The Labute approximate surface area is 173 Å². The molecule has 2 aromatic carbocycles. The Bertz CT molecular complexity index is 970. The van der Waals surface area contributed by atoms with Gasteiger partial charge in [0, 0.05) is 17.3 Å². The zero-order chi connectivity index (χ0) is 20.2. The molecule has 0 saturated carbocycles. The maximum absolute atomic E-state index is 12.2. The first-order chi connectivity index (χ1) is 14.1. The summed E-state index contributed by atoms with van der Waals surface area (Å²) >= 11 is 1.51. The summed E-state index contributed by atoms with van der Waals surface area (Å²) in [6.45, 7) is 0.242. The number of thiophene rings is 1. The van der Waals surface area contributed by atoms with Crippen molar-refractivity contribution < 1.29 is 19.4 Å². The molecule has 5 nitrogen and oxygen atoms in total. The van der Waals surface area contributed by atoms with Gasteiger partial charge in [0.05, 0.1) is 5.92 Å². The van der Waals surface area contributed by atoms with Crippen molar-refractivity contribution in [1.29, 1.82) is 0 Å². The lowest BCUT2D eigenvalue weighted by Crippen LogP contribution is -2.34. The van der Waals surface area contributed by atoms with Crippen molar-refractivity contribution in [2.24, 2.45) is 5.92 Å². The molecule has 1 atom stereocenters. The molecule has 1 amide bonds. The number of alkyl carbamates (subject to hydrolysis) is 1. The van der Waals surface area contributed by atoms with E-state index in [0.717, 1.165) is 16.0 Å². The number of fused-ring (bicyclic) bond motifs is 3. The van der Waals surface area contributed by atoms with Gasteiger partial charge in [0.15, 0.2) is 0 Å². The van der Waals surface area contributed by atoms with Crippen molar-refractivity contribution >= 4 is 23.4 Å². The van der Waals surface area contributed by atoms with Gasteiger partial charge in [0.2, 0.25) is 0 Å². The van der Waals surface area contributed by atoms with Crippen LogP contribution in [0.25, 0.3) is 11.1 Å². The van der Waals surface area contributed by atoms with E-state index in [0.29, 0.717) is 6.42 Å². The second-order valence-corrected chi connectivity index (χ2v) is 8.06. The van der Waals surface area contributed by atoms with Crippen molar-refractivity contribution in [3.05, 3.63) is 82.0 Å². The summed E-state index contributed by atoms with van der Waals surface area (Å²) in [5, 5.41) is 13.9. The topological polar surface area (TPSA) is 75.6 Å². The highest BCUT2D eigenvalue weighted by Gasteiger charge is 2.29. The van der Waals surface area contributed by atoms with Crippen LogP contribution in [0.5, 0.6) is 0 Å². The molecule has 1 unspecified atom stereocenters. The van der Waals surface area contributed by atoms with E-state index in [2.05, 4.69) is 29.6 Å². The average Bonchev–Trinajstić information content (AvgIpc) is 3.35. The highest BCUT2D eigenvalue weighted by molar-refractivity contribution is 7.09. The number of aliphatic carboxylic acids is 1. The Morgan fingerprint density at radius 1 is 1.00 bits per heavy atom. The van der Waals surface area contributed by atoms with Gasteiger partial charge in [0.25, 0.3) is 0 Å². The Morgan fingerprint density at radius 3 is 2.24 bits per heavy atom. The van der Waals surface area contributed by atoms with Gasteiger partial charge in [-0.25, -0.2) is 4.79 Å². The minimum absolute atomic E-state index is 0.0189. The van der Waals surface area contributed by atoms with Gasteiger partial charge >= 0.3 is 12.1 Å². The fourth-order valence-corrected chi connectivity index (χ4v) is 4.56. The Balaban J connectivity index is 1.37. The summed E-state index contributed by atoms with van der Waals surface area (Å²) < 4.78 is 5.46. The number of carboxylic acids is 1. The first-order valence-electron chi connectivity index (χ1n) is 9.47. The Morgan fingerprint density at radius 2 is 1.66 bits per heavy atom. The number of carbonyl (C=O) groups is 2. The van der Waals surface area contributed by atoms with Crippen molar-refractivity contribution in [1.82, 2.24) is 5.32 Å². The number of hydrogen-bond acceptors (Lipinski definition) is 4. The van der Waals surface area contributed by atoms with E-state index < -0.39 is 18.0 Å². The van der Waals surface area contributed by atoms with Crippen LogP contribution in [-0.2, 0) is 16.0 Å². The van der Waals surface area contributed by atoms with Crippen LogP contribution in [0.3, 0.4) is 0 Å². The minimum atomic E-state index is -0.933. The summed E-state index contributed by atoms with van der Waals surface area (Å²) in [6.07, 6.45) is -0.208. The molecule has 0 fully saturated rings. The lowest BCUT2D eigenvalue weighted by atomic mass is 9.98. The lowest BCUT2D eigenvalue weighted by Gasteiger charge is -2.16. The van der Waals surface area contributed by atoms with Crippen LogP contribution in [0.4, 0.5) is 4.79 Å². The van der Waals surface area contributed by atoms with Gasteiger partial charge in [0.1, 0.15) is 6.61 Å². The third-order valence-corrected chi connectivity index (χ3v) is 6.11. The molecule has 3 aromatic rings. The predicted octanol–water partition coefficient (Wildman–Crippen LogP) is 4.53. The number of carbonyl (C=O) groups excluding carboxylic acids is 1. The molecule has 0 spiro atoms. The van der Waals surface area contributed by atoms with E-state index in [-0.39, 0.29) is 19.1 Å². The van der Waals surface area contributed by atoms with E-state index in [1.54, 1.807) is 0 Å². The molecule has 1 aliphatic carbocycles. The maximum atomic E-state index is 12.2. The smallest absolute Gasteiger partial charge is 0.407 e. The quantitative estimate of drug-likeness (QED) is 0.603. The van der Waals surface area contributed by atoms with E-state index in [1.165, 1.54) is 22.5 Å². The highest BCUT2D eigenvalue weighted by Crippen LogP contribution is 2.44.